The third kappa shape index (κ3) is 3.19. The molecule has 122 valence electrons. The Kier molecular flexibility index (Phi) is 3.86. The summed E-state index contributed by atoms with van der Waals surface area (Å²) in [5.41, 5.74) is 3.23. The van der Waals surface area contributed by atoms with Crippen LogP contribution in [0.3, 0.4) is 0 Å². The van der Waals surface area contributed by atoms with Gasteiger partial charge in [-0.25, -0.2) is 9.37 Å². The van der Waals surface area contributed by atoms with Gasteiger partial charge in [-0.2, -0.15) is 0 Å². The number of halogens is 1. The summed E-state index contributed by atoms with van der Waals surface area (Å²) in [6.07, 6.45) is 0.378. The second-order valence-electron chi connectivity index (χ2n) is 5.92. The van der Waals surface area contributed by atoms with Crippen LogP contribution in [0.4, 0.5) is 4.39 Å². The minimum atomic E-state index is -0.298. The Bertz CT molecular complexity index is 1100. The van der Waals surface area contributed by atoms with Gasteiger partial charge in [0.05, 0.1) is 10.9 Å². The zero-order valence-corrected chi connectivity index (χ0v) is 13.4. The van der Waals surface area contributed by atoms with Gasteiger partial charge in [0, 0.05) is 6.42 Å². The maximum atomic E-state index is 13.3. The van der Waals surface area contributed by atoms with E-state index in [0.717, 1.165) is 16.7 Å². The number of nitrogens with one attached hydrogen (secondary N) is 1. The van der Waals surface area contributed by atoms with E-state index in [-0.39, 0.29) is 11.4 Å². The van der Waals surface area contributed by atoms with Crippen LogP contribution in [0.1, 0.15) is 11.4 Å². The summed E-state index contributed by atoms with van der Waals surface area (Å²) in [7, 11) is 0. The summed E-state index contributed by atoms with van der Waals surface area (Å²) >= 11 is 0. The first-order chi connectivity index (χ1) is 12.2. The van der Waals surface area contributed by atoms with Crippen LogP contribution in [0.15, 0.2) is 77.6 Å². The van der Waals surface area contributed by atoms with Crippen LogP contribution in [0.5, 0.6) is 0 Å². The van der Waals surface area contributed by atoms with Crippen LogP contribution in [0.2, 0.25) is 0 Å². The fraction of sp³-hybridized carbons (Fsp3) is 0.0476. The van der Waals surface area contributed by atoms with E-state index in [0.29, 0.717) is 23.1 Å². The number of H-pyrrole nitrogens is 1. The molecule has 0 unspecified atom stereocenters. The van der Waals surface area contributed by atoms with Gasteiger partial charge >= 0.3 is 0 Å². The quantitative estimate of drug-likeness (QED) is 0.608. The molecule has 0 aliphatic heterocycles. The fourth-order valence-corrected chi connectivity index (χ4v) is 2.92. The van der Waals surface area contributed by atoms with Crippen molar-refractivity contribution >= 4 is 10.9 Å². The van der Waals surface area contributed by atoms with E-state index in [2.05, 4.69) is 9.97 Å². The molecule has 1 heterocycles. The second kappa shape index (κ2) is 6.32. The zero-order valence-electron chi connectivity index (χ0n) is 13.4. The first-order valence-corrected chi connectivity index (χ1v) is 8.02. The minimum absolute atomic E-state index is 0.186. The molecule has 0 saturated heterocycles. The summed E-state index contributed by atoms with van der Waals surface area (Å²) in [5.74, 6) is 0.226. The Labute approximate surface area is 143 Å². The molecule has 0 bridgehead atoms. The summed E-state index contributed by atoms with van der Waals surface area (Å²) in [5, 5.41) is 0.546. The van der Waals surface area contributed by atoms with E-state index in [1.807, 2.05) is 54.6 Å². The van der Waals surface area contributed by atoms with E-state index in [9.17, 15) is 9.18 Å². The molecule has 0 saturated carbocycles. The first kappa shape index (κ1) is 15.3. The lowest BCUT2D eigenvalue weighted by Crippen LogP contribution is -2.12. The molecule has 4 aromatic rings. The van der Waals surface area contributed by atoms with Crippen molar-refractivity contribution in [2.45, 2.75) is 6.42 Å². The smallest absolute Gasteiger partial charge is 0.258 e. The highest BCUT2D eigenvalue weighted by atomic mass is 19.1. The van der Waals surface area contributed by atoms with Gasteiger partial charge in [-0.15, -0.1) is 0 Å². The average molecular weight is 330 g/mol. The Balaban J connectivity index is 1.74. The molecule has 3 nitrogen and oxygen atoms in total. The van der Waals surface area contributed by atoms with Gasteiger partial charge in [0.2, 0.25) is 0 Å². The molecule has 0 aliphatic rings. The van der Waals surface area contributed by atoms with E-state index in [1.165, 1.54) is 12.1 Å². The molecule has 1 N–H and O–H groups in total. The first-order valence-electron chi connectivity index (χ1n) is 8.02. The van der Waals surface area contributed by atoms with Crippen molar-refractivity contribution in [2.75, 3.05) is 0 Å². The van der Waals surface area contributed by atoms with Crippen molar-refractivity contribution in [3.63, 3.8) is 0 Å². The Morgan fingerprint density at radius 2 is 1.72 bits per heavy atom. The maximum absolute atomic E-state index is 13.3. The fourth-order valence-electron chi connectivity index (χ4n) is 2.92. The third-order valence-electron chi connectivity index (χ3n) is 4.12. The molecule has 0 amide bonds. The lowest BCUT2D eigenvalue weighted by atomic mass is 10.0. The van der Waals surface area contributed by atoms with Crippen molar-refractivity contribution < 1.29 is 4.39 Å². The summed E-state index contributed by atoms with van der Waals surface area (Å²) < 4.78 is 13.3. The molecule has 0 aliphatic carbocycles. The van der Waals surface area contributed by atoms with Crippen LogP contribution in [-0.4, -0.2) is 9.97 Å². The van der Waals surface area contributed by atoms with Crippen LogP contribution >= 0.6 is 0 Å². The third-order valence-corrected chi connectivity index (χ3v) is 4.12. The number of aromatic amines is 1. The Morgan fingerprint density at radius 1 is 0.880 bits per heavy atom. The SMILES string of the molecule is O=c1[nH]c(Cc2cccc(F)c2)nc2ccc(-c3ccccc3)cc12. The lowest BCUT2D eigenvalue weighted by Gasteiger charge is -2.06. The normalized spacial score (nSPS) is 10.9. The number of hydrogen-bond donors (Lipinski definition) is 1. The molecule has 0 radical (unpaired) electrons. The van der Waals surface area contributed by atoms with Gasteiger partial charge in [0.1, 0.15) is 11.6 Å². The molecular formula is C21H15FN2O. The van der Waals surface area contributed by atoms with Crippen LogP contribution < -0.4 is 5.56 Å². The monoisotopic (exact) mass is 330 g/mol. The van der Waals surface area contributed by atoms with Crippen molar-refractivity contribution in [3.8, 4) is 11.1 Å². The molecule has 1 aromatic heterocycles. The van der Waals surface area contributed by atoms with Crippen LogP contribution in [0, 0.1) is 5.82 Å². The van der Waals surface area contributed by atoms with E-state index < -0.39 is 0 Å². The van der Waals surface area contributed by atoms with Crippen molar-refractivity contribution in [2.24, 2.45) is 0 Å². The summed E-state index contributed by atoms with van der Waals surface area (Å²) in [4.78, 5) is 19.8. The lowest BCUT2D eigenvalue weighted by molar-refractivity contribution is 0.626. The van der Waals surface area contributed by atoms with Gasteiger partial charge in [-0.05, 0) is 41.0 Å². The molecule has 4 rings (SSSR count). The van der Waals surface area contributed by atoms with Crippen molar-refractivity contribution in [3.05, 3.63) is 100 Å². The van der Waals surface area contributed by atoms with Gasteiger partial charge < -0.3 is 4.98 Å². The maximum Gasteiger partial charge on any atom is 0.258 e. The van der Waals surface area contributed by atoms with Gasteiger partial charge in [0.15, 0.2) is 0 Å². The standard InChI is InChI=1S/C21H15FN2O/c22-17-8-4-5-14(11-17)12-20-23-19-10-9-16(13-18(19)21(25)24-20)15-6-2-1-3-7-15/h1-11,13H,12H2,(H,23,24,25). The highest BCUT2D eigenvalue weighted by Gasteiger charge is 2.07. The molecule has 25 heavy (non-hydrogen) atoms. The van der Waals surface area contributed by atoms with E-state index in [4.69, 9.17) is 0 Å². The minimum Gasteiger partial charge on any atom is -0.310 e. The van der Waals surface area contributed by atoms with Crippen molar-refractivity contribution in [1.82, 2.24) is 9.97 Å². The molecule has 3 aromatic carbocycles. The van der Waals surface area contributed by atoms with Crippen LogP contribution in [-0.2, 0) is 6.42 Å². The number of rotatable bonds is 3. The Hall–Kier alpha value is -3.27. The molecule has 0 fully saturated rings. The second-order valence-corrected chi connectivity index (χ2v) is 5.92. The topological polar surface area (TPSA) is 45.8 Å². The molecule has 0 spiro atoms. The van der Waals surface area contributed by atoms with Crippen LogP contribution in [0.25, 0.3) is 22.0 Å². The number of hydrogen-bond acceptors (Lipinski definition) is 2. The number of aromatic nitrogens is 2. The van der Waals surface area contributed by atoms with Gasteiger partial charge in [0.25, 0.3) is 5.56 Å². The Morgan fingerprint density at radius 3 is 2.52 bits per heavy atom. The summed E-state index contributed by atoms with van der Waals surface area (Å²) in [6, 6.07) is 21.8. The molecule has 0 atom stereocenters. The van der Waals surface area contributed by atoms with Crippen molar-refractivity contribution in [1.29, 1.82) is 0 Å². The number of nitrogens with zero attached hydrogens (tertiary/aromatic N) is 1. The summed E-state index contributed by atoms with van der Waals surface area (Å²) in [6.45, 7) is 0. The van der Waals surface area contributed by atoms with E-state index in [1.54, 1.807) is 6.07 Å². The predicted octanol–water partition coefficient (Wildman–Crippen LogP) is 4.32. The zero-order chi connectivity index (χ0) is 17.2. The number of benzene rings is 3. The highest BCUT2D eigenvalue weighted by molar-refractivity contribution is 5.83. The largest absolute Gasteiger partial charge is 0.310 e. The number of fused-ring (bicyclic) bond motifs is 1. The van der Waals surface area contributed by atoms with E-state index >= 15 is 0 Å². The van der Waals surface area contributed by atoms with Gasteiger partial charge in [-0.1, -0.05) is 48.5 Å². The van der Waals surface area contributed by atoms with Gasteiger partial charge in [-0.3, -0.25) is 4.79 Å². The molecular weight excluding hydrogens is 315 g/mol. The molecule has 4 heteroatoms. The highest BCUT2D eigenvalue weighted by Crippen LogP contribution is 2.22. The average Bonchev–Trinajstić information content (AvgIpc) is 2.62. The predicted molar refractivity (Wildman–Crippen MR) is 97.0 cm³/mol.